The van der Waals surface area contributed by atoms with Crippen molar-refractivity contribution < 1.29 is 33.3 Å². The van der Waals surface area contributed by atoms with E-state index in [1.165, 1.54) is 4.90 Å². The first-order chi connectivity index (χ1) is 24.2. The van der Waals surface area contributed by atoms with Crippen LogP contribution in [-0.4, -0.2) is 109 Å². The van der Waals surface area contributed by atoms with E-state index in [-0.39, 0.29) is 25.1 Å². The summed E-state index contributed by atoms with van der Waals surface area (Å²) in [5.41, 5.74) is 5.69. The minimum Gasteiger partial charge on any atom is -0.491 e. The molecule has 51 heavy (non-hydrogen) atoms. The molecule has 3 unspecified atom stereocenters. The van der Waals surface area contributed by atoms with Crippen LogP contribution >= 0.6 is 11.6 Å². The number of primary amides is 1. The lowest BCUT2D eigenvalue weighted by molar-refractivity contribution is -0.141. The third kappa shape index (κ3) is 8.58. The number of nitrogens with zero attached hydrogens (tertiary/aromatic N) is 3. The monoisotopic (exact) mass is 728 g/mol. The second-order valence-corrected chi connectivity index (χ2v) is 16.3. The number of halogens is 1. The minimum absolute atomic E-state index is 0.0739. The van der Waals surface area contributed by atoms with Gasteiger partial charge in [0.1, 0.15) is 53.2 Å². The highest BCUT2D eigenvalue weighted by Gasteiger charge is 2.54. The van der Waals surface area contributed by atoms with Crippen LogP contribution in [0.1, 0.15) is 60.8 Å². The molecule has 13 nitrogen and oxygen atoms in total. The number of amides is 3. The molecule has 4 aliphatic rings. The van der Waals surface area contributed by atoms with E-state index in [2.05, 4.69) is 22.5 Å². The predicted octanol–water partition coefficient (Wildman–Crippen LogP) is 4.44. The van der Waals surface area contributed by atoms with Gasteiger partial charge in [-0.3, -0.25) is 14.5 Å². The Morgan fingerprint density at radius 1 is 1.08 bits per heavy atom. The molecule has 4 fully saturated rings. The van der Waals surface area contributed by atoms with Gasteiger partial charge in [0.05, 0.1) is 25.3 Å². The molecule has 0 spiro atoms. The molecular formula is C37H53ClN6O7. The van der Waals surface area contributed by atoms with Crippen molar-refractivity contribution >= 4 is 46.2 Å². The summed E-state index contributed by atoms with van der Waals surface area (Å²) in [6.07, 6.45) is 0.542. The van der Waals surface area contributed by atoms with Gasteiger partial charge < -0.3 is 40.2 Å². The maximum Gasteiger partial charge on any atom is 0.408 e. The number of rotatable bonds is 12. The fourth-order valence-corrected chi connectivity index (χ4v) is 8.07. The molecule has 3 amide bonds. The average molecular weight is 729 g/mol. The highest BCUT2D eigenvalue weighted by atomic mass is 35.5. The highest BCUT2D eigenvalue weighted by molar-refractivity contribution is 6.36. The van der Waals surface area contributed by atoms with E-state index in [1.807, 2.05) is 40.7 Å². The van der Waals surface area contributed by atoms with Crippen molar-refractivity contribution in [2.24, 2.45) is 28.9 Å². The van der Waals surface area contributed by atoms with E-state index < -0.39 is 41.5 Å². The number of anilines is 1. The van der Waals surface area contributed by atoms with Crippen LogP contribution in [0.25, 0.3) is 10.9 Å². The molecule has 7 atom stereocenters. The van der Waals surface area contributed by atoms with E-state index in [4.69, 9.17) is 41.3 Å². The largest absolute Gasteiger partial charge is 0.491 e. The number of morpholine rings is 1. The maximum atomic E-state index is 14.2. The van der Waals surface area contributed by atoms with Gasteiger partial charge in [-0.1, -0.05) is 39.3 Å². The summed E-state index contributed by atoms with van der Waals surface area (Å²) >= 11 is 6.91. The number of ether oxygens (including phenoxy) is 4. The second kappa shape index (κ2) is 15.2. The molecule has 2 aromatic rings. The number of nitrogens with one attached hydrogen (secondary N) is 2. The number of hydrogen-bond acceptors (Lipinski definition) is 10. The number of benzene rings is 1. The fourth-order valence-electron chi connectivity index (χ4n) is 7.81. The number of likely N-dealkylation sites (tertiary alicyclic amines) is 1. The Hall–Kier alpha value is -3.55. The third-order valence-corrected chi connectivity index (χ3v) is 11.1. The van der Waals surface area contributed by atoms with Crippen molar-refractivity contribution in [1.82, 2.24) is 20.1 Å². The molecule has 0 bridgehead atoms. The van der Waals surface area contributed by atoms with Gasteiger partial charge in [-0.2, -0.15) is 0 Å². The third-order valence-electron chi connectivity index (χ3n) is 10.7. The molecular weight excluding hydrogens is 676 g/mol. The van der Waals surface area contributed by atoms with Gasteiger partial charge >= 0.3 is 6.09 Å². The minimum atomic E-state index is -0.954. The fraction of sp³-hybridized carbons (Fsp3) is 0.676. The Balaban J connectivity index is 1.18. The number of fused-ring (bicyclic) bond motifs is 2. The van der Waals surface area contributed by atoms with Crippen molar-refractivity contribution in [2.45, 2.75) is 91.1 Å². The van der Waals surface area contributed by atoms with Crippen molar-refractivity contribution in [3.8, 4) is 11.5 Å². The molecule has 280 valence electrons. The zero-order valence-electron chi connectivity index (χ0n) is 30.6. The Bertz CT molecular complexity index is 1600. The molecule has 2 saturated carbocycles. The van der Waals surface area contributed by atoms with E-state index in [9.17, 15) is 14.4 Å². The SMILES string of the molecule is CC(C)Nc1cc(OC2C[C@@H](C(N)=O)N(C(=O)[C@@H](NC(=O)OC3C[C@@H]4C(C)[C@@H]4C3)C(C)(C)C)C2)c2ccc(OCCN3CCOCC3)c(Cl)c2n1. The Morgan fingerprint density at radius 3 is 2.43 bits per heavy atom. The van der Waals surface area contributed by atoms with Crippen LogP contribution in [0.3, 0.4) is 0 Å². The number of carbonyl (C=O) groups is 3. The average Bonchev–Trinajstić information content (AvgIpc) is 3.38. The Labute approximate surface area is 305 Å². The number of hydrogen-bond donors (Lipinski definition) is 3. The van der Waals surface area contributed by atoms with E-state index in [0.29, 0.717) is 70.8 Å². The van der Waals surface area contributed by atoms with Gasteiger partial charge in [0.2, 0.25) is 11.8 Å². The van der Waals surface area contributed by atoms with Crippen molar-refractivity contribution in [3.63, 3.8) is 0 Å². The predicted molar refractivity (Wildman–Crippen MR) is 194 cm³/mol. The number of nitrogens with two attached hydrogens (primary N) is 1. The first kappa shape index (κ1) is 37.2. The lowest BCUT2D eigenvalue weighted by Gasteiger charge is -2.35. The first-order valence-corrected chi connectivity index (χ1v) is 18.6. The molecule has 2 aliphatic heterocycles. The van der Waals surface area contributed by atoms with Crippen molar-refractivity contribution in [2.75, 3.05) is 51.3 Å². The lowest BCUT2D eigenvalue weighted by atomic mass is 9.85. The quantitative estimate of drug-likeness (QED) is 0.286. The van der Waals surface area contributed by atoms with Crippen LogP contribution in [-0.2, 0) is 19.1 Å². The van der Waals surface area contributed by atoms with Crippen LogP contribution < -0.4 is 25.8 Å². The van der Waals surface area contributed by atoms with Crippen LogP contribution in [0.15, 0.2) is 18.2 Å². The van der Waals surface area contributed by atoms with Gasteiger partial charge in [-0.15, -0.1) is 0 Å². The van der Waals surface area contributed by atoms with Crippen LogP contribution in [0.5, 0.6) is 11.5 Å². The Kier molecular flexibility index (Phi) is 11.1. The van der Waals surface area contributed by atoms with Gasteiger partial charge in [-0.05, 0) is 62.0 Å². The van der Waals surface area contributed by atoms with Crippen molar-refractivity contribution in [3.05, 3.63) is 23.2 Å². The second-order valence-electron chi connectivity index (χ2n) is 15.9. The first-order valence-electron chi connectivity index (χ1n) is 18.3. The summed E-state index contributed by atoms with van der Waals surface area (Å²) in [6.45, 7) is 16.3. The molecule has 2 saturated heterocycles. The molecule has 1 aromatic heterocycles. The zero-order valence-corrected chi connectivity index (χ0v) is 31.3. The number of aromatic nitrogens is 1. The molecule has 4 N–H and O–H groups in total. The molecule has 0 radical (unpaired) electrons. The number of carbonyl (C=O) groups excluding carboxylic acids is 3. The van der Waals surface area contributed by atoms with Gasteiger partial charge in [0.25, 0.3) is 0 Å². The van der Waals surface area contributed by atoms with Gasteiger partial charge in [0.15, 0.2) is 0 Å². The van der Waals surface area contributed by atoms with Gasteiger partial charge in [0, 0.05) is 43.5 Å². The normalized spacial score (nSPS) is 26.9. The van der Waals surface area contributed by atoms with E-state index in [1.54, 1.807) is 12.1 Å². The Morgan fingerprint density at radius 2 is 1.78 bits per heavy atom. The molecule has 3 heterocycles. The molecule has 2 aliphatic carbocycles. The summed E-state index contributed by atoms with van der Waals surface area (Å²) in [5.74, 6) is 2.43. The topological polar surface area (TPSA) is 158 Å². The molecule has 1 aromatic carbocycles. The number of alkyl carbamates (subject to hydrolysis) is 1. The summed E-state index contributed by atoms with van der Waals surface area (Å²) in [4.78, 5) is 48.5. The van der Waals surface area contributed by atoms with Crippen molar-refractivity contribution in [1.29, 1.82) is 0 Å². The standard InChI is InChI=1S/C37H53ClN6O7/c1-20(2)40-30-18-29(24-7-8-28(31(38)32(24)41-30)49-14-11-43-9-12-48-13-10-43)50-23-17-27(34(39)45)44(19-23)35(46)33(37(4,5)6)42-36(47)51-22-15-25-21(3)26(25)16-22/h7-8,18,20-23,25-27,33H,9-17,19H2,1-6H3,(H2,39,45)(H,40,41)(H,42,47)/t21?,22?,23?,25-,26+,27-,33+/m0/s1. The molecule has 14 heteroatoms. The maximum absolute atomic E-state index is 14.2. The lowest BCUT2D eigenvalue weighted by Crippen LogP contribution is -2.57. The molecule has 6 rings (SSSR count). The zero-order chi connectivity index (χ0) is 36.6. The smallest absolute Gasteiger partial charge is 0.408 e. The number of pyridine rings is 1. The van der Waals surface area contributed by atoms with Gasteiger partial charge in [-0.25, -0.2) is 9.78 Å². The summed E-state index contributed by atoms with van der Waals surface area (Å²) in [5, 5.41) is 7.17. The van der Waals surface area contributed by atoms with Crippen LogP contribution in [0.4, 0.5) is 10.6 Å². The summed E-state index contributed by atoms with van der Waals surface area (Å²) in [7, 11) is 0. The van der Waals surface area contributed by atoms with Crippen LogP contribution in [0, 0.1) is 23.2 Å². The highest BCUT2D eigenvalue weighted by Crippen LogP contribution is 2.57. The van der Waals surface area contributed by atoms with E-state index in [0.717, 1.165) is 32.5 Å². The summed E-state index contributed by atoms with van der Waals surface area (Å²) in [6, 6.07) is 3.65. The summed E-state index contributed by atoms with van der Waals surface area (Å²) < 4.78 is 23.9. The van der Waals surface area contributed by atoms with Crippen LogP contribution in [0.2, 0.25) is 5.02 Å². The van der Waals surface area contributed by atoms with E-state index >= 15 is 0 Å².